The highest BCUT2D eigenvalue weighted by atomic mass is 16.5. The molecule has 0 saturated carbocycles. The zero-order valence-corrected chi connectivity index (χ0v) is 16.9. The Labute approximate surface area is 166 Å². The van der Waals surface area contributed by atoms with Crippen molar-refractivity contribution in [2.75, 3.05) is 32.1 Å². The van der Waals surface area contributed by atoms with E-state index in [4.69, 9.17) is 9.47 Å². The first-order valence-electron chi connectivity index (χ1n) is 9.32. The van der Waals surface area contributed by atoms with Crippen LogP contribution in [0.25, 0.3) is 0 Å². The number of methoxy groups -OCH3 is 1. The molecule has 0 radical (unpaired) electrons. The lowest BCUT2D eigenvalue weighted by Crippen LogP contribution is -2.39. The number of anilines is 1. The van der Waals surface area contributed by atoms with Crippen molar-refractivity contribution < 1.29 is 19.1 Å². The van der Waals surface area contributed by atoms with Crippen molar-refractivity contribution in [3.05, 3.63) is 54.1 Å². The largest absolute Gasteiger partial charge is 0.497 e. The minimum atomic E-state index is -0.229. The van der Waals surface area contributed by atoms with Gasteiger partial charge in [0.25, 0.3) is 0 Å². The zero-order valence-electron chi connectivity index (χ0n) is 16.9. The van der Waals surface area contributed by atoms with Gasteiger partial charge >= 0.3 is 0 Å². The fourth-order valence-electron chi connectivity index (χ4n) is 2.77. The van der Waals surface area contributed by atoms with E-state index in [0.29, 0.717) is 24.8 Å². The molecule has 2 amide bonds. The molecule has 0 aliphatic rings. The summed E-state index contributed by atoms with van der Waals surface area (Å²) in [6.07, 6.45) is 0. The molecule has 2 aromatic carbocycles. The van der Waals surface area contributed by atoms with Gasteiger partial charge in [-0.3, -0.25) is 9.59 Å². The van der Waals surface area contributed by atoms with E-state index >= 15 is 0 Å². The number of rotatable bonds is 9. The van der Waals surface area contributed by atoms with Crippen LogP contribution in [0.3, 0.4) is 0 Å². The Morgan fingerprint density at radius 3 is 2.29 bits per heavy atom. The Bertz CT molecular complexity index is 787. The molecular formula is C22H28N2O4. The molecule has 150 valence electrons. The van der Waals surface area contributed by atoms with Crippen LogP contribution in [0.4, 0.5) is 5.69 Å². The van der Waals surface area contributed by atoms with Gasteiger partial charge in [-0.25, -0.2) is 0 Å². The van der Waals surface area contributed by atoms with Gasteiger partial charge in [0.15, 0.2) is 0 Å². The van der Waals surface area contributed by atoms with Gasteiger partial charge in [-0.2, -0.15) is 0 Å². The van der Waals surface area contributed by atoms with Crippen molar-refractivity contribution >= 4 is 17.5 Å². The number of hydrogen-bond acceptors (Lipinski definition) is 4. The van der Waals surface area contributed by atoms with Crippen molar-refractivity contribution in [2.24, 2.45) is 0 Å². The summed E-state index contributed by atoms with van der Waals surface area (Å²) < 4.78 is 10.8. The molecule has 0 spiro atoms. The van der Waals surface area contributed by atoms with E-state index in [-0.39, 0.29) is 18.4 Å². The van der Waals surface area contributed by atoms with E-state index in [9.17, 15) is 9.59 Å². The molecule has 6 nitrogen and oxygen atoms in total. The van der Waals surface area contributed by atoms with E-state index < -0.39 is 0 Å². The Morgan fingerprint density at radius 2 is 1.68 bits per heavy atom. The molecule has 0 aliphatic carbocycles. The van der Waals surface area contributed by atoms with E-state index in [1.165, 1.54) is 11.8 Å². The van der Waals surface area contributed by atoms with Crippen LogP contribution in [0.15, 0.2) is 48.5 Å². The summed E-state index contributed by atoms with van der Waals surface area (Å²) in [5.74, 6) is 1.31. The predicted molar refractivity (Wildman–Crippen MR) is 110 cm³/mol. The average molecular weight is 384 g/mol. The van der Waals surface area contributed by atoms with E-state index in [0.717, 1.165) is 17.0 Å². The van der Waals surface area contributed by atoms with Crippen molar-refractivity contribution in [3.8, 4) is 11.5 Å². The quantitative estimate of drug-likeness (QED) is 0.716. The van der Waals surface area contributed by atoms with Crippen molar-refractivity contribution in [1.29, 1.82) is 0 Å². The van der Waals surface area contributed by atoms with Gasteiger partial charge < -0.3 is 19.7 Å². The molecule has 0 bridgehead atoms. The van der Waals surface area contributed by atoms with Crippen LogP contribution in [-0.4, -0.2) is 43.5 Å². The maximum absolute atomic E-state index is 12.4. The van der Waals surface area contributed by atoms with E-state index in [1.807, 2.05) is 24.3 Å². The van der Waals surface area contributed by atoms with E-state index in [2.05, 4.69) is 19.2 Å². The molecule has 0 heterocycles. The third kappa shape index (κ3) is 6.30. The lowest BCUT2D eigenvalue weighted by Gasteiger charge is -2.21. The van der Waals surface area contributed by atoms with Crippen LogP contribution in [0, 0.1) is 0 Å². The molecule has 0 atom stereocenters. The van der Waals surface area contributed by atoms with Gasteiger partial charge in [0.2, 0.25) is 11.8 Å². The maximum atomic E-state index is 12.4. The summed E-state index contributed by atoms with van der Waals surface area (Å²) in [5.41, 5.74) is 1.84. The lowest BCUT2D eigenvalue weighted by atomic mass is 10.0. The maximum Gasteiger partial charge on any atom is 0.244 e. The monoisotopic (exact) mass is 384 g/mol. The molecule has 0 unspecified atom stereocenters. The number of nitrogens with zero attached hydrogens (tertiary/aromatic N) is 1. The lowest BCUT2D eigenvalue weighted by molar-refractivity contribution is -0.133. The zero-order chi connectivity index (χ0) is 20.5. The predicted octanol–water partition coefficient (Wildman–Crippen LogP) is 3.68. The summed E-state index contributed by atoms with van der Waals surface area (Å²) in [5, 5.41) is 2.91. The minimum Gasteiger partial charge on any atom is -0.497 e. The van der Waals surface area contributed by atoms with Crippen LogP contribution < -0.4 is 14.8 Å². The minimum absolute atomic E-state index is 0.0201. The highest BCUT2D eigenvalue weighted by Crippen LogP contribution is 2.23. The number of ether oxygens (including phenoxy) is 2. The second-order valence-electron chi connectivity index (χ2n) is 6.75. The molecule has 2 aromatic rings. The summed E-state index contributed by atoms with van der Waals surface area (Å²) in [6, 6.07) is 14.9. The van der Waals surface area contributed by atoms with Crippen molar-refractivity contribution in [2.45, 2.75) is 26.7 Å². The summed E-state index contributed by atoms with van der Waals surface area (Å²) >= 11 is 0. The van der Waals surface area contributed by atoms with Crippen molar-refractivity contribution in [1.82, 2.24) is 4.90 Å². The molecule has 6 heteroatoms. The molecule has 2 rings (SSSR count). The van der Waals surface area contributed by atoms with Gasteiger partial charge in [-0.1, -0.05) is 32.0 Å². The number of benzene rings is 2. The molecule has 28 heavy (non-hydrogen) atoms. The normalized spacial score (nSPS) is 10.5. The fourth-order valence-corrected chi connectivity index (χ4v) is 2.77. The Morgan fingerprint density at radius 1 is 1.04 bits per heavy atom. The highest BCUT2D eigenvalue weighted by molar-refractivity contribution is 5.95. The number of nitrogens with one attached hydrogen (secondary N) is 1. The number of para-hydroxylation sites is 1. The van der Waals surface area contributed by atoms with E-state index in [1.54, 1.807) is 31.4 Å². The first-order valence-corrected chi connectivity index (χ1v) is 9.32. The summed E-state index contributed by atoms with van der Waals surface area (Å²) in [7, 11) is 1.60. The first kappa shape index (κ1) is 21.3. The second-order valence-corrected chi connectivity index (χ2v) is 6.75. The molecule has 0 fully saturated rings. The summed E-state index contributed by atoms with van der Waals surface area (Å²) in [6.45, 7) is 6.19. The molecule has 0 aromatic heterocycles. The smallest absolute Gasteiger partial charge is 0.244 e. The van der Waals surface area contributed by atoms with Crippen LogP contribution in [0.1, 0.15) is 32.3 Å². The van der Waals surface area contributed by atoms with Crippen LogP contribution >= 0.6 is 0 Å². The number of carbonyl (C=O) groups is 2. The molecule has 0 saturated heterocycles. The highest BCUT2D eigenvalue weighted by Gasteiger charge is 2.15. The van der Waals surface area contributed by atoms with Gasteiger partial charge in [-0.15, -0.1) is 0 Å². The van der Waals surface area contributed by atoms with Crippen molar-refractivity contribution in [3.63, 3.8) is 0 Å². The first-order chi connectivity index (χ1) is 13.4. The number of carbonyl (C=O) groups excluding carboxylic acids is 2. The van der Waals surface area contributed by atoms with Crippen LogP contribution in [-0.2, 0) is 9.59 Å². The van der Waals surface area contributed by atoms with Crippen LogP contribution in [0.5, 0.6) is 11.5 Å². The Balaban J connectivity index is 1.89. The molecular weight excluding hydrogens is 356 g/mol. The van der Waals surface area contributed by atoms with Gasteiger partial charge in [0.05, 0.1) is 20.2 Å². The number of hydrogen-bond donors (Lipinski definition) is 1. The topological polar surface area (TPSA) is 67.9 Å². The van der Waals surface area contributed by atoms with Gasteiger partial charge in [0, 0.05) is 12.6 Å². The number of amides is 2. The Hall–Kier alpha value is -3.02. The fraction of sp³-hybridized carbons (Fsp3) is 0.364. The molecule has 1 N–H and O–H groups in total. The third-order valence-electron chi connectivity index (χ3n) is 4.33. The Kier molecular flexibility index (Phi) is 7.87. The second kappa shape index (κ2) is 10.3. The summed E-state index contributed by atoms with van der Waals surface area (Å²) in [4.78, 5) is 25.8. The van der Waals surface area contributed by atoms with Crippen LogP contribution in [0.2, 0.25) is 0 Å². The third-order valence-corrected chi connectivity index (χ3v) is 4.33. The average Bonchev–Trinajstić information content (AvgIpc) is 2.67. The van der Waals surface area contributed by atoms with Gasteiger partial charge in [0.1, 0.15) is 18.1 Å². The SMILES string of the molecule is COc1ccc(OCCN(CC(=O)Nc2ccccc2C(C)C)C(C)=O)cc1. The van der Waals surface area contributed by atoms with Gasteiger partial charge in [-0.05, 0) is 41.8 Å². The molecule has 0 aliphatic heterocycles. The standard InChI is InChI=1S/C22H28N2O4/c1-16(2)20-7-5-6-8-21(20)23-22(26)15-24(17(3)25)13-14-28-19-11-9-18(27-4)10-12-19/h5-12,16H,13-15H2,1-4H3,(H,23,26).